The number of aromatic nitrogens is 2. The number of carbonyl (C=O) groups is 2. The number of hydrogen-bond donors (Lipinski definition) is 1. The second kappa shape index (κ2) is 7.42. The van der Waals surface area contributed by atoms with E-state index in [9.17, 15) is 14.0 Å². The fraction of sp³-hybridized carbons (Fsp3) is 0.412. The number of carbonyl (C=O) groups excluding carboxylic acids is 2. The molecular formula is C17H19FN4O3. The van der Waals surface area contributed by atoms with Gasteiger partial charge in [-0.3, -0.25) is 9.59 Å². The third kappa shape index (κ3) is 4.20. The fourth-order valence-corrected chi connectivity index (χ4v) is 2.88. The third-order valence-corrected chi connectivity index (χ3v) is 4.15. The highest BCUT2D eigenvalue weighted by atomic mass is 19.1. The molecule has 0 bridgehead atoms. The summed E-state index contributed by atoms with van der Waals surface area (Å²) in [5.74, 6) is -0.0373. The van der Waals surface area contributed by atoms with Crippen LogP contribution >= 0.6 is 0 Å². The quantitative estimate of drug-likeness (QED) is 0.909. The smallest absolute Gasteiger partial charge is 0.251 e. The number of nitrogens with one attached hydrogen (secondary N) is 1. The van der Waals surface area contributed by atoms with Gasteiger partial charge >= 0.3 is 0 Å². The minimum atomic E-state index is -0.493. The summed E-state index contributed by atoms with van der Waals surface area (Å²) in [6, 6.07) is 5.34. The minimum absolute atomic E-state index is 0.0119. The first-order valence-corrected chi connectivity index (χ1v) is 8.14. The first-order valence-electron chi connectivity index (χ1n) is 8.14. The highest BCUT2D eigenvalue weighted by Gasteiger charge is 2.28. The highest BCUT2D eigenvalue weighted by molar-refractivity contribution is 5.96. The van der Waals surface area contributed by atoms with Crippen LogP contribution in [-0.4, -0.2) is 46.5 Å². The summed E-state index contributed by atoms with van der Waals surface area (Å²) in [7, 11) is 0. The Kier molecular flexibility index (Phi) is 5.06. The molecule has 2 heterocycles. The van der Waals surface area contributed by atoms with Crippen LogP contribution in [0.2, 0.25) is 0 Å². The van der Waals surface area contributed by atoms with Crippen LogP contribution in [-0.2, 0) is 4.79 Å². The molecule has 1 atom stereocenters. The normalized spacial score (nSPS) is 17.4. The molecule has 1 aromatic heterocycles. The van der Waals surface area contributed by atoms with Crippen LogP contribution in [0.5, 0.6) is 0 Å². The van der Waals surface area contributed by atoms with Crippen LogP contribution in [0.25, 0.3) is 0 Å². The zero-order valence-electron chi connectivity index (χ0n) is 13.9. The van der Waals surface area contributed by atoms with Crippen molar-refractivity contribution in [3.8, 4) is 0 Å². The molecule has 8 heteroatoms. The van der Waals surface area contributed by atoms with Gasteiger partial charge in [-0.2, -0.15) is 4.98 Å². The number of likely N-dealkylation sites (tertiary alicyclic amines) is 1. The average Bonchev–Trinajstić information content (AvgIpc) is 3.06. The Hall–Kier alpha value is -2.77. The van der Waals surface area contributed by atoms with Crippen LogP contribution < -0.4 is 5.32 Å². The minimum Gasteiger partial charge on any atom is -0.343 e. The lowest BCUT2D eigenvalue weighted by Gasteiger charge is -2.31. The molecule has 2 amide bonds. The van der Waals surface area contributed by atoms with Gasteiger partial charge in [-0.05, 0) is 38.0 Å². The van der Waals surface area contributed by atoms with Gasteiger partial charge in [0.05, 0.1) is 12.5 Å². The van der Waals surface area contributed by atoms with E-state index in [1.807, 2.05) is 0 Å². The van der Waals surface area contributed by atoms with Crippen LogP contribution in [0.4, 0.5) is 4.39 Å². The number of benzene rings is 1. The van der Waals surface area contributed by atoms with Crippen molar-refractivity contribution in [2.24, 2.45) is 0 Å². The van der Waals surface area contributed by atoms with Crippen molar-refractivity contribution < 1.29 is 18.5 Å². The molecule has 1 aromatic carbocycles. The van der Waals surface area contributed by atoms with Crippen molar-refractivity contribution in [2.75, 3.05) is 19.6 Å². The number of rotatable bonds is 4. The molecule has 25 heavy (non-hydrogen) atoms. The third-order valence-electron chi connectivity index (χ3n) is 4.15. The second-order valence-corrected chi connectivity index (χ2v) is 6.05. The number of nitrogens with zero attached hydrogens (tertiary/aromatic N) is 3. The summed E-state index contributed by atoms with van der Waals surface area (Å²) >= 11 is 0. The van der Waals surface area contributed by atoms with Crippen LogP contribution in [0.1, 0.15) is 40.8 Å². The van der Waals surface area contributed by atoms with Gasteiger partial charge < -0.3 is 14.7 Å². The van der Waals surface area contributed by atoms with E-state index < -0.39 is 11.7 Å². The molecule has 0 aliphatic carbocycles. The van der Waals surface area contributed by atoms with Gasteiger partial charge in [-0.25, -0.2) is 4.39 Å². The highest BCUT2D eigenvalue weighted by Crippen LogP contribution is 2.25. The zero-order chi connectivity index (χ0) is 17.8. The number of aryl methyl sites for hydroxylation is 1. The molecule has 1 aliphatic rings. The van der Waals surface area contributed by atoms with Crippen molar-refractivity contribution >= 4 is 11.8 Å². The maximum atomic E-state index is 13.1. The van der Waals surface area contributed by atoms with Gasteiger partial charge in [0.25, 0.3) is 5.91 Å². The number of halogens is 1. The van der Waals surface area contributed by atoms with Crippen molar-refractivity contribution in [1.29, 1.82) is 0 Å². The standard InChI is InChI=1S/C17H19FN4O3/c1-11-20-17(25-21-11)13-5-3-7-22(10-13)15(23)9-19-16(24)12-4-2-6-14(18)8-12/h2,4,6,8,13H,3,5,7,9-10H2,1H3,(H,19,24). The van der Waals surface area contributed by atoms with Crippen molar-refractivity contribution in [2.45, 2.75) is 25.7 Å². The van der Waals surface area contributed by atoms with Crippen molar-refractivity contribution in [3.63, 3.8) is 0 Å². The molecule has 0 spiro atoms. The maximum Gasteiger partial charge on any atom is 0.251 e. The van der Waals surface area contributed by atoms with E-state index in [0.717, 1.165) is 18.9 Å². The number of amides is 2. The summed E-state index contributed by atoms with van der Waals surface area (Å²) in [5, 5.41) is 6.32. The predicted octanol–water partition coefficient (Wildman–Crippen LogP) is 1.65. The monoisotopic (exact) mass is 346 g/mol. The lowest BCUT2D eigenvalue weighted by atomic mass is 9.98. The molecular weight excluding hydrogens is 327 g/mol. The Labute approximate surface area is 144 Å². The summed E-state index contributed by atoms with van der Waals surface area (Å²) < 4.78 is 18.3. The average molecular weight is 346 g/mol. The Balaban J connectivity index is 1.55. The molecule has 1 saturated heterocycles. The van der Waals surface area contributed by atoms with E-state index in [0.29, 0.717) is 24.8 Å². The fourth-order valence-electron chi connectivity index (χ4n) is 2.88. The summed E-state index contributed by atoms with van der Waals surface area (Å²) in [6.07, 6.45) is 1.71. The van der Waals surface area contributed by atoms with Gasteiger partial charge in [0, 0.05) is 18.7 Å². The van der Waals surface area contributed by atoms with E-state index >= 15 is 0 Å². The molecule has 1 unspecified atom stereocenters. The number of hydrogen-bond acceptors (Lipinski definition) is 5. The first-order chi connectivity index (χ1) is 12.0. The molecule has 7 nitrogen and oxygen atoms in total. The Bertz CT molecular complexity index is 777. The molecule has 0 saturated carbocycles. The van der Waals surface area contributed by atoms with Gasteiger partial charge in [-0.1, -0.05) is 11.2 Å². The van der Waals surface area contributed by atoms with Gasteiger partial charge in [0.15, 0.2) is 5.82 Å². The SMILES string of the molecule is Cc1noc(C2CCCN(C(=O)CNC(=O)c3cccc(F)c3)C2)n1. The molecule has 1 fully saturated rings. The zero-order valence-corrected chi connectivity index (χ0v) is 13.9. The van der Waals surface area contributed by atoms with E-state index in [1.165, 1.54) is 18.2 Å². The van der Waals surface area contributed by atoms with E-state index in [4.69, 9.17) is 4.52 Å². The van der Waals surface area contributed by atoms with Crippen molar-refractivity contribution in [3.05, 3.63) is 47.4 Å². The second-order valence-electron chi connectivity index (χ2n) is 6.05. The Morgan fingerprint density at radius 3 is 3.00 bits per heavy atom. The summed E-state index contributed by atoms with van der Waals surface area (Å²) in [6.45, 7) is 2.72. The molecule has 1 aliphatic heterocycles. The van der Waals surface area contributed by atoms with Crippen LogP contribution in [0.3, 0.4) is 0 Å². The molecule has 0 radical (unpaired) electrons. The Morgan fingerprint density at radius 2 is 2.28 bits per heavy atom. The topological polar surface area (TPSA) is 88.3 Å². The lowest BCUT2D eigenvalue weighted by Crippen LogP contribution is -2.44. The Morgan fingerprint density at radius 1 is 1.44 bits per heavy atom. The molecule has 1 N–H and O–H groups in total. The van der Waals surface area contributed by atoms with Gasteiger partial charge in [0.2, 0.25) is 11.8 Å². The lowest BCUT2D eigenvalue weighted by molar-refractivity contribution is -0.131. The largest absolute Gasteiger partial charge is 0.343 e. The van der Waals surface area contributed by atoms with Gasteiger partial charge in [0.1, 0.15) is 5.82 Å². The first kappa shape index (κ1) is 17.1. The van der Waals surface area contributed by atoms with Crippen LogP contribution in [0, 0.1) is 12.7 Å². The van der Waals surface area contributed by atoms with E-state index in [1.54, 1.807) is 11.8 Å². The maximum absolute atomic E-state index is 13.1. The molecule has 132 valence electrons. The van der Waals surface area contributed by atoms with E-state index in [-0.39, 0.29) is 23.9 Å². The van der Waals surface area contributed by atoms with Gasteiger partial charge in [-0.15, -0.1) is 0 Å². The number of piperidine rings is 1. The summed E-state index contributed by atoms with van der Waals surface area (Å²) in [5.41, 5.74) is 0.186. The van der Waals surface area contributed by atoms with Crippen molar-refractivity contribution in [1.82, 2.24) is 20.4 Å². The van der Waals surface area contributed by atoms with Crippen LogP contribution in [0.15, 0.2) is 28.8 Å². The predicted molar refractivity (Wildman–Crippen MR) is 86.3 cm³/mol. The van der Waals surface area contributed by atoms with E-state index in [2.05, 4.69) is 15.5 Å². The molecule has 3 rings (SSSR count). The molecule has 2 aromatic rings. The summed E-state index contributed by atoms with van der Waals surface area (Å²) in [4.78, 5) is 30.3.